The van der Waals surface area contributed by atoms with Gasteiger partial charge in [-0.1, -0.05) is 25.3 Å². The highest BCUT2D eigenvalue weighted by molar-refractivity contribution is 7.99. The molecule has 1 fully saturated rings. The number of benzene rings is 1. The maximum absolute atomic E-state index is 13.1. The van der Waals surface area contributed by atoms with Gasteiger partial charge in [0.25, 0.3) is 0 Å². The highest BCUT2D eigenvalue weighted by Gasteiger charge is 2.43. The van der Waals surface area contributed by atoms with E-state index in [1.54, 1.807) is 6.07 Å². The van der Waals surface area contributed by atoms with Crippen LogP contribution in [0.25, 0.3) is 0 Å². The Morgan fingerprint density at radius 3 is 2.52 bits per heavy atom. The summed E-state index contributed by atoms with van der Waals surface area (Å²) in [4.78, 5) is 13.1. The second kappa shape index (κ2) is 5.23. The van der Waals surface area contributed by atoms with Crippen molar-refractivity contribution < 1.29 is 18.0 Å². The maximum Gasteiger partial charge on any atom is 0.418 e. The zero-order valence-corrected chi connectivity index (χ0v) is 12.2. The third-order valence-electron chi connectivity index (χ3n) is 4.37. The number of halogens is 3. The molecule has 3 rings (SSSR count). The summed E-state index contributed by atoms with van der Waals surface area (Å²) in [7, 11) is 0. The Bertz CT molecular complexity index is 565. The molecule has 1 heterocycles. The van der Waals surface area contributed by atoms with Crippen molar-refractivity contribution in [3.05, 3.63) is 23.8 Å². The van der Waals surface area contributed by atoms with Gasteiger partial charge in [0.2, 0.25) is 5.91 Å². The third kappa shape index (κ3) is 2.65. The molecule has 1 aliphatic carbocycles. The predicted octanol–water partition coefficient (Wildman–Crippen LogP) is 4.70. The number of carbonyl (C=O) groups excluding carboxylic acids is 1. The molecule has 1 aromatic carbocycles. The topological polar surface area (TPSA) is 29.1 Å². The highest BCUT2D eigenvalue weighted by Crippen LogP contribution is 2.48. The molecule has 2 nitrogen and oxygen atoms in total. The molecule has 114 valence electrons. The Kier molecular flexibility index (Phi) is 3.67. The SMILES string of the molecule is O=C1Nc2c(cccc2C(F)(F)F)SCC12CCCCC2. The lowest BCUT2D eigenvalue weighted by Gasteiger charge is -2.33. The van der Waals surface area contributed by atoms with Crippen LogP contribution >= 0.6 is 11.8 Å². The number of para-hydroxylation sites is 1. The summed E-state index contributed by atoms with van der Waals surface area (Å²) in [6, 6.07) is 4.08. The zero-order chi connectivity index (χ0) is 15.1. The molecule has 0 atom stereocenters. The minimum atomic E-state index is -4.46. The van der Waals surface area contributed by atoms with Gasteiger partial charge in [0.1, 0.15) is 0 Å². The van der Waals surface area contributed by atoms with Crippen LogP contribution in [-0.4, -0.2) is 11.7 Å². The summed E-state index contributed by atoms with van der Waals surface area (Å²) in [5.41, 5.74) is -1.33. The molecule has 1 amide bonds. The van der Waals surface area contributed by atoms with E-state index in [9.17, 15) is 18.0 Å². The molecule has 21 heavy (non-hydrogen) atoms. The van der Waals surface area contributed by atoms with Crippen LogP contribution in [0, 0.1) is 5.41 Å². The number of fused-ring (bicyclic) bond motifs is 1. The molecule has 0 unspecified atom stereocenters. The van der Waals surface area contributed by atoms with Gasteiger partial charge in [0, 0.05) is 10.6 Å². The maximum atomic E-state index is 13.1. The lowest BCUT2D eigenvalue weighted by molar-refractivity contribution is -0.137. The van der Waals surface area contributed by atoms with Crippen molar-refractivity contribution in [2.24, 2.45) is 5.41 Å². The average Bonchev–Trinajstić information content (AvgIpc) is 2.57. The standard InChI is InChI=1S/C15H16F3NOS/c16-15(17,18)10-5-4-6-11-12(10)19-13(20)14(9-21-11)7-2-1-3-8-14/h4-6H,1-3,7-9H2,(H,19,20). The molecule has 0 saturated heterocycles. The minimum Gasteiger partial charge on any atom is -0.324 e. The Hall–Kier alpha value is -1.17. The molecular weight excluding hydrogens is 299 g/mol. The van der Waals surface area contributed by atoms with Crippen LogP contribution in [0.2, 0.25) is 0 Å². The molecule has 1 aromatic rings. The van der Waals surface area contributed by atoms with E-state index < -0.39 is 17.2 Å². The summed E-state index contributed by atoms with van der Waals surface area (Å²) < 4.78 is 39.3. The van der Waals surface area contributed by atoms with E-state index in [-0.39, 0.29) is 11.6 Å². The van der Waals surface area contributed by atoms with E-state index >= 15 is 0 Å². The molecular formula is C15H16F3NOS. The smallest absolute Gasteiger partial charge is 0.324 e. The molecule has 6 heteroatoms. The monoisotopic (exact) mass is 315 g/mol. The third-order valence-corrected chi connectivity index (χ3v) is 5.71. The van der Waals surface area contributed by atoms with Crippen molar-refractivity contribution in [3.8, 4) is 0 Å². The van der Waals surface area contributed by atoms with Gasteiger partial charge in [-0.05, 0) is 25.0 Å². The van der Waals surface area contributed by atoms with Crippen molar-refractivity contribution in [2.75, 3.05) is 11.1 Å². The lowest BCUT2D eigenvalue weighted by Crippen LogP contribution is -2.39. The summed E-state index contributed by atoms with van der Waals surface area (Å²) in [5.74, 6) is 0.317. The molecule has 1 spiro atoms. The summed E-state index contributed by atoms with van der Waals surface area (Å²) >= 11 is 1.37. The Labute approximate surface area is 125 Å². The van der Waals surface area contributed by atoms with Crippen LogP contribution < -0.4 is 5.32 Å². The number of carbonyl (C=O) groups is 1. The van der Waals surface area contributed by atoms with Crippen molar-refractivity contribution in [1.82, 2.24) is 0 Å². The first kappa shape index (κ1) is 14.8. The second-order valence-corrected chi connectivity index (χ2v) is 6.78. The van der Waals surface area contributed by atoms with Gasteiger partial charge in [-0.15, -0.1) is 11.8 Å². The Morgan fingerprint density at radius 2 is 1.86 bits per heavy atom. The highest BCUT2D eigenvalue weighted by atomic mass is 32.2. The molecule has 2 aliphatic rings. The van der Waals surface area contributed by atoms with Crippen molar-refractivity contribution in [1.29, 1.82) is 0 Å². The molecule has 1 N–H and O–H groups in total. The molecule has 1 saturated carbocycles. The fraction of sp³-hybridized carbons (Fsp3) is 0.533. The van der Waals surface area contributed by atoms with Crippen LogP contribution in [0.4, 0.5) is 18.9 Å². The molecule has 0 radical (unpaired) electrons. The van der Waals surface area contributed by atoms with E-state index in [1.807, 2.05) is 0 Å². The number of rotatable bonds is 0. The largest absolute Gasteiger partial charge is 0.418 e. The van der Waals surface area contributed by atoms with Crippen LogP contribution in [0.1, 0.15) is 37.7 Å². The summed E-state index contributed by atoms with van der Waals surface area (Å²) in [6.45, 7) is 0. The Balaban J connectivity index is 1.99. The van der Waals surface area contributed by atoms with E-state index in [0.29, 0.717) is 10.6 Å². The van der Waals surface area contributed by atoms with Crippen molar-refractivity contribution in [3.63, 3.8) is 0 Å². The van der Waals surface area contributed by atoms with Gasteiger partial charge in [-0.2, -0.15) is 13.2 Å². The number of nitrogens with one attached hydrogen (secondary N) is 1. The molecule has 1 aliphatic heterocycles. The van der Waals surface area contributed by atoms with E-state index in [4.69, 9.17) is 0 Å². The van der Waals surface area contributed by atoms with Gasteiger partial charge in [-0.3, -0.25) is 4.79 Å². The number of alkyl halides is 3. The van der Waals surface area contributed by atoms with Crippen LogP contribution in [0.3, 0.4) is 0 Å². The van der Waals surface area contributed by atoms with Gasteiger partial charge < -0.3 is 5.32 Å². The first-order chi connectivity index (χ1) is 9.92. The first-order valence-corrected chi connectivity index (χ1v) is 8.05. The fourth-order valence-electron chi connectivity index (χ4n) is 3.14. The second-order valence-electron chi connectivity index (χ2n) is 5.76. The fourth-order valence-corrected chi connectivity index (χ4v) is 4.48. The van der Waals surface area contributed by atoms with E-state index in [0.717, 1.165) is 38.2 Å². The van der Waals surface area contributed by atoms with Crippen LogP contribution in [0.5, 0.6) is 0 Å². The molecule has 0 bridgehead atoms. The van der Waals surface area contributed by atoms with Crippen LogP contribution in [0.15, 0.2) is 23.1 Å². The zero-order valence-electron chi connectivity index (χ0n) is 11.4. The Morgan fingerprint density at radius 1 is 1.14 bits per heavy atom. The van der Waals surface area contributed by atoms with E-state index in [1.165, 1.54) is 17.8 Å². The number of hydrogen-bond donors (Lipinski definition) is 1. The number of thioether (sulfide) groups is 1. The van der Waals surface area contributed by atoms with Crippen LogP contribution in [-0.2, 0) is 11.0 Å². The normalized spacial score (nSPS) is 21.6. The summed E-state index contributed by atoms with van der Waals surface area (Å²) in [6.07, 6.45) is 0.110. The quantitative estimate of drug-likeness (QED) is 0.752. The van der Waals surface area contributed by atoms with Gasteiger partial charge in [-0.25, -0.2) is 0 Å². The number of amides is 1. The molecule has 0 aromatic heterocycles. The van der Waals surface area contributed by atoms with Gasteiger partial charge in [0.15, 0.2) is 0 Å². The number of hydrogen-bond acceptors (Lipinski definition) is 2. The van der Waals surface area contributed by atoms with Crippen molar-refractivity contribution in [2.45, 2.75) is 43.2 Å². The first-order valence-electron chi connectivity index (χ1n) is 7.07. The lowest BCUT2D eigenvalue weighted by atomic mass is 9.75. The van der Waals surface area contributed by atoms with Crippen molar-refractivity contribution >= 4 is 23.4 Å². The minimum absolute atomic E-state index is 0.0672. The summed E-state index contributed by atoms with van der Waals surface area (Å²) in [5, 5.41) is 2.58. The average molecular weight is 315 g/mol. The van der Waals surface area contributed by atoms with Gasteiger partial charge in [0.05, 0.1) is 16.7 Å². The number of anilines is 1. The van der Waals surface area contributed by atoms with E-state index in [2.05, 4.69) is 5.32 Å². The van der Waals surface area contributed by atoms with Gasteiger partial charge >= 0.3 is 6.18 Å². The predicted molar refractivity (Wildman–Crippen MR) is 76.3 cm³/mol.